The van der Waals surface area contributed by atoms with E-state index in [9.17, 15) is 9.59 Å². The number of carboxylic acid groups (broad SMARTS) is 1. The molecule has 2 aromatic heterocycles. The van der Waals surface area contributed by atoms with Gasteiger partial charge in [-0.2, -0.15) is 10.2 Å². The molecule has 1 amide bonds. The van der Waals surface area contributed by atoms with E-state index in [0.29, 0.717) is 6.54 Å². The molecule has 0 saturated heterocycles. The van der Waals surface area contributed by atoms with Gasteiger partial charge in [0.1, 0.15) is 12.7 Å². The Bertz CT molecular complexity index is 1070. The number of benzene rings is 2. The minimum atomic E-state index is -1.09. The lowest BCUT2D eigenvalue weighted by atomic mass is 10.1. The number of carbonyl (C=O) groups is 2. The van der Waals surface area contributed by atoms with E-state index in [1.54, 1.807) is 0 Å². The van der Waals surface area contributed by atoms with E-state index >= 15 is 0 Å². The van der Waals surface area contributed by atoms with E-state index in [-0.39, 0.29) is 17.6 Å². The molecule has 6 N–H and O–H groups in total. The van der Waals surface area contributed by atoms with Crippen LogP contribution in [0.15, 0.2) is 73.3 Å². The van der Waals surface area contributed by atoms with Crippen LogP contribution in [-0.4, -0.2) is 60.4 Å². The van der Waals surface area contributed by atoms with Gasteiger partial charge >= 0.3 is 5.97 Å². The SMILES string of the molecule is NCCCc1ccccc1.O=C(NCCCc1ccccc1)c1ncn[nH]1.O=C(O)c1ncn[nH]1. The molecule has 0 aliphatic carbocycles. The van der Waals surface area contributed by atoms with Crippen molar-refractivity contribution in [2.24, 2.45) is 5.73 Å². The summed E-state index contributed by atoms with van der Waals surface area (Å²) < 4.78 is 0. The van der Waals surface area contributed by atoms with E-state index in [1.807, 2.05) is 24.3 Å². The summed E-state index contributed by atoms with van der Waals surface area (Å²) in [5.74, 6) is -1.19. The van der Waals surface area contributed by atoms with Crippen LogP contribution in [0.2, 0.25) is 0 Å². The van der Waals surface area contributed by atoms with Crippen molar-refractivity contribution in [1.29, 1.82) is 0 Å². The van der Waals surface area contributed by atoms with Crippen LogP contribution >= 0.6 is 0 Å². The third kappa shape index (κ3) is 11.3. The second kappa shape index (κ2) is 16.3. The minimum Gasteiger partial charge on any atom is -0.475 e. The van der Waals surface area contributed by atoms with Gasteiger partial charge in [-0.3, -0.25) is 15.0 Å². The number of H-pyrrole nitrogens is 2. The number of aryl methyl sites for hydroxylation is 2. The van der Waals surface area contributed by atoms with Crippen LogP contribution < -0.4 is 11.1 Å². The Morgan fingerprint density at radius 1 is 0.800 bits per heavy atom. The average Bonchev–Trinajstić information content (AvgIpc) is 3.62. The van der Waals surface area contributed by atoms with Gasteiger partial charge in [-0.15, -0.1) is 0 Å². The van der Waals surface area contributed by atoms with Crippen LogP contribution in [0.1, 0.15) is 45.2 Å². The molecule has 11 heteroatoms. The maximum absolute atomic E-state index is 11.5. The zero-order valence-corrected chi connectivity index (χ0v) is 19.3. The molecule has 0 bridgehead atoms. The van der Waals surface area contributed by atoms with Crippen LogP contribution in [0.25, 0.3) is 0 Å². The molecule has 2 heterocycles. The van der Waals surface area contributed by atoms with Gasteiger partial charge in [0.15, 0.2) is 0 Å². The number of aromatic nitrogens is 6. The van der Waals surface area contributed by atoms with Crippen LogP contribution in [0.3, 0.4) is 0 Å². The Balaban J connectivity index is 0.000000204. The molecule has 11 nitrogen and oxygen atoms in total. The van der Waals surface area contributed by atoms with Crippen molar-refractivity contribution in [3.63, 3.8) is 0 Å². The standard InChI is InChI=1S/C12H14N4O.C9H13N.C3H3N3O2/c17-12(11-14-9-15-16-11)13-8-4-7-10-5-2-1-3-6-10;10-8-4-7-9-5-2-1-3-6-9;7-3(8)2-4-1-5-6-2/h1-3,5-6,9H,4,7-8H2,(H,13,17)(H,14,15,16);1-3,5-6H,4,7-8,10H2;1H,(H,7,8)(H,4,5,6). The Labute approximate surface area is 203 Å². The highest BCUT2D eigenvalue weighted by Crippen LogP contribution is 2.02. The number of carboxylic acids is 1. The molecular weight excluding hydrogens is 448 g/mol. The quantitative estimate of drug-likeness (QED) is 0.227. The summed E-state index contributed by atoms with van der Waals surface area (Å²) in [5, 5.41) is 22.6. The first-order valence-electron chi connectivity index (χ1n) is 11.1. The van der Waals surface area contributed by atoms with Crippen LogP contribution in [0, 0.1) is 0 Å². The number of carbonyl (C=O) groups excluding carboxylic acids is 1. The van der Waals surface area contributed by atoms with Gasteiger partial charge in [-0.25, -0.2) is 14.8 Å². The van der Waals surface area contributed by atoms with Gasteiger partial charge in [-0.05, 0) is 43.4 Å². The summed E-state index contributed by atoms with van der Waals surface area (Å²) in [5.41, 5.74) is 8.04. The zero-order valence-electron chi connectivity index (χ0n) is 19.3. The van der Waals surface area contributed by atoms with E-state index in [4.69, 9.17) is 10.8 Å². The molecule has 4 aromatic rings. The number of hydrogen-bond donors (Lipinski definition) is 5. The first kappa shape index (κ1) is 26.9. The van der Waals surface area contributed by atoms with Crippen molar-refractivity contribution in [2.45, 2.75) is 25.7 Å². The molecular formula is C24H30N8O3. The fourth-order valence-corrected chi connectivity index (χ4v) is 2.80. The average molecular weight is 479 g/mol. The number of nitrogens with one attached hydrogen (secondary N) is 3. The van der Waals surface area contributed by atoms with Gasteiger partial charge in [-0.1, -0.05) is 60.7 Å². The van der Waals surface area contributed by atoms with E-state index in [1.165, 1.54) is 17.5 Å². The number of aromatic amines is 2. The predicted octanol–water partition coefficient (Wildman–Crippen LogP) is 2.25. The maximum Gasteiger partial charge on any atom is 0.373 e. The van der Waals surface area contributed by atoms with Crippen molar-refractivity contribution < 1.29 is 14.7 Å². The molecule has 0 saturated carbocycles. The Hall–Kier alpha value is -4.38. The lowest BCUT2D eigenvalue weighted by Crippen LogP contribution is -2.25. The molecule has 0 aliphatic rings. The summed E-state index contributed by atoms with van der Waals surface area (Å²) >= 11 is 0. The van der Waals surface area contributed by atoms with Gasteiger partial charge in [0, 0.05) is 6.54 Å². The third-order valence-electron chi connectivity index (χ3n) is 4.53. The van der Waals surface area contributed by atoms with Crippen LogP contribution in [-0.2, 0) is 12.8 Å². The largest absolute Gasteiger partial charge is 0.475 e. The molecule has 4 rings (SSSR count). The number of nitrogens with two attached hydrogens (primary N) is 1. The van der Waals surface area contributed by atoms with Crippen LogP contribution in [0.5, 0.6) is 0 Å². The van der Waals surface area contributed by atoms with Crippen molar-refractivity contribution in [1.82, 2.24) is 35.7 Å². The Morgan fingerprint density at radius 2 is 1.31 bits per heavy atom. The lowest BCUT2D eigenvalue weighted by molar-refractivity contribution is 0.0683. The van der Waals surface area contributed by atoms with Crippen molar-refractivity contribution in [3.05, 3.63) is 96.1 Å². The molecule has 0 aliphatic heterocycles. The van der Waals surface area contributed by atoms with Gasteiger partial charge in [0.05, 0.1) is 0 Å². The molecule has 184 valence electrons. The number of nitrogens with zero attached hydrogens (tertiary/aromatic N) is 4. The summed E-state index contributed by atoms with van der Waals surface area (Å²) in [6, 6.07) is 20.6. The second-order valence-corrected chi connectivity index (χ2v) is 7.20. The summed E-state index contributed by atoms with van der Waals surface area (Å²) in [7, 11) is 0. The molecule has 0 radical (unpaired) electrons. The maximum atomic E-state index is 11.5. The van der Waals surface area contributed by atoms with Crippen LogP contribution in [0.4, 0.5) is 0 Å². The molecule has 0 unspecified atom stereocenters. The first-order valence-corrected chi connectivity index (χ1v) is 11.1. The number of aromatic carboxylic acids is 1. The summed E-state index contributed by atoms with van der Waals surface area (Å²) in [6.07, 6.45) is 6.52. The molecule has 0 fully saturated rings. The van der Waals surface area contributed by atoms with Crippen molar-refractivity contribution in [3.8, 4) is 0 Å². The summed E-state index contributed by atoms with van der Waals surface area (Å²) in [6.45, 7) is 1.42. The van der Waals surface area contributed by atoms with Gasteiger partial charge in [0.2, 0.25) is 11.6 Å². The lowest BCUT2D eigenvalue weighted by Gasteiger charge is -2.03. The highest BCUT2D eigenvalue weighted by molar-refractivity contribution is 5.90. The Kier molecular flexibility index (Phi) is 12.5. The van der Waals surface area contributed by atoms with Gasteiger partial charge < -0.3 is 16.2 Å². The molecule has 0 spiro atoms. The topological polar surface area (TPSA) is 176 Å². The fraction of sp³-hybridized carbons (Fsp3) is 0.250. The second-order valence-electron chi connectivity index (χ2n) is 7.20. The Morgan fingerprint density at radius 3 is 1.74 bits per heavy atom. The van der Waals surface area contributed by atoms with Crippen molar-refractivity contribution in [2.75, 3.05) is 13.1 Å². The number of rotatable bonds is 9. The monoisotopic (exact) mass is 478 g/mol. The first-order chi connectivity index (χ1) is 17.1. The van der Waals surface area contributed by atoms with E-state index < -0.39 is 5.97 Å². The van der Waals surface area contributed by atoms with Crippen molar-refractivity contribution >= 4 is 11.9 Å². The smallest absolute Gasteiger partial charge is 0.373 e. The fourth-order valence-electron chi connectivity index (χ4n) is 2.80. The predicted molar refractivity (Wildman–Crippen MR) is 131 cm³/mol. The summed E-state index contributed by atoms with van der Waals surface area (Å²) in [4.78, 5) is 28.5. The van der Waals surface area contributed by atoms with E-state index in [0.717, 1.165) is 38.6 Å². The zero-order chi connectivity index (χ0) is 25.1. The molecule has 2 aromatic carbocycles. The highest BCUT2D eigenvalue weighted by atomic mass is 16.4. The molecule has 0 atom stereocenters. The highest BCUT2D eigenvalue weighted by Gasteiger charge is 2.06. The normalized spacial score (nSPS) is 9.74. The van der Waals surface area contributed by atoms with E-state index in [2.05, 4.69) is 72.1 Å². The van der Waals surface area contributed by atoms with Gasteiger partial charge in [0.25, 0.3) is 5.91 Å². The number of hydrogen-bond acceptors (Lipinski definition) is 7. The molecule has 35 heavy (non-hydrogen) atoms. The minimum absolute atomic E-state index is 0.134. The number of amides is 1. The third-order valence-corrected chi connectivity index (χ3v) is 4.53.